The number of aliphatic carboxylic acids is 1. The summed E-state index contributed by atoms with van der Waals surface area (Å²) >= 11 is 1.51. The number of H-pyrrole nitrogens is 1. The molecule has 0 saturated carbocycles. The lowest BCUT2D eigenvalue weighted by Crippen LogP contribution is -2.58. The highest BCUT2D eigenvalue weighted by molar-refractivity contribution is 7.98. The van der Waals surface area contributed by atoms with Crippen molar-refractivity contribution in [2.75, 3.05) is 18.6 Å². The number of aromatic nitrogens is 2. The zero-order chi connectivity index (χ0) is 27.1. The smallest absolute Gasteiger partial charge is 0.326 e. The van der Waals surface area contributed by atoms with Gasteiger partial charge in [0.2, 0.25) is 17.7 Å². The molecule has 12 nitrogen and oxygen atoms in total. The summed E-state index contributed by atoms with van der Waals surface area (Å²) in [6, 6.07) is -3.89. The SMILES string of the molecule is CCC(C)C(N)C(=O)NC(CCSC)C(=O)NC(Cc1cnc[nH]1)C(=O)NC(CCCCN)C(=O)O. The average molecular weight is 528 g/mol. The molecule has 0 aliphatic heterocycles. The van der Waals surface area contributed by atoms with Crippen LogP contribution in [0.4, 0.5) is 0 Å². The molecule has 1 aromatic rings. The number of carboxylic acids is 1. The predicted molar refractivity (Wildman–Crippen MR) is 139 cm³/mol. The van der Waals surface area contributed by atoms with Gasteiger partial charge in [0.15, 0.2) is 0 Å². The number of carbonyl (C=O) groups excluding carboxylic acids is 3. The first-order valence-corrected chi connectivity index (χ1v) is 13.6. The molecule has 36 heavy (non-hydrogen) atoms. The summed E-state index contributed by atoms with van der Waals surface area (Å²) in [5.74, 6) is -2.29. The molecule has 0 aliphatic rings. The maximum Gasteiger partial charge on any atom is 0.326 e. The van der Waals surface area contributed by atoms with Crippen molar-refractivity contribution >= 4 is 35.5 Å². The van der Waals surface area contributed by atoms with Gasteiger partial charge in [0.25, 0.3) is 0 Å². The first-order valence-electron chi connectivity index (χ1n) is 12.2. The number of aromatic amines is 1. The Labute approximate surface area is 216 Å². The van der Waals surface area contributed by atoms with Crippen LogP contribution in [0.2, 0.25) is 0 Å². The van der Waals surface area contributed by atoms with E-state index in [2.05, 4.69) is 25.9 Å². The lowest BCUT2D eigenvalue weighted by Gasteiger charge is -2.26. The van der Waals surface area contributed by atoms with E-state index in [1.54, 1.807) is 0 Å². The van der Waals surface area contributed by atoms with Crippen molar-refractivity contribution < 1.29 is 24.3 Å². The van der Waals surface area contributed by atoms with Gasteiger partial charge in [0.05, 0.1) is 12.4 Å². The third-order valence-electron chi connectivity index (χ3n) is 5.98. The van der Waals surface area contributed by atoms with Crippen LogP contribution >= 0.6 is 11.8 Å². The average Bonchev–Trinajstić information content (AvgIpc) is 3.37. The molecule has 13 heteroatoms. The number of amides is 3. The van der Waals surface area contributed by atoms with E-state index in [-0.39, 0.29) is 18.8 Å². The third kappa shape index (κ3) is 11.0. The van der Waals surface area contributed by atoms with Crippen LogP contribution in [-0.4, -0.2) is 81.5 Å². The molecule has 1 heterocycles. The number of nitrogens with one attached hydrogen (secondary N) is 4. The Balaban J connectivity index is 3.02. The van der Waals surface area contributed by atoms with Crippen molar-refractivity contribution in [1.82, 2.24) is 25.9 Å². The fraction of sp³-hybridized carbons (Fsp3) is 0.696. The Morgan fingerprint density at radius 1 is 1.06 bits per heavy atom. The number of hydrogen-bond donors (Lipinski definition) is 7. The maximum absolute atomic E-state index is 13.2. The van der Waals surface area contributed by atoms with Crippen molar-refractivity contribution in [2.45, 2.75) is 76.5 Å². The molecule has 204 valence electrons. The Morgan fingerprint density at radius 2 is 1.69 bits per heavy atom. The molecule has 3 amide bonds. The lowest BCUT2D eigenvalue weighted by atomic mass is 9.99. The van der Waals surface area contributed by atoms with Gasteiger partial charge < -0.3 is 37.5 Å². The van der Waals surface area contributed by atoms with Gasteiger partial charge in [-0.05, 0) is 50.2 Å². The fourth-order valence-electron chi connectivity index (χ4n) is 3.41. The van der Waals surface area contributed by atoms with Crippen LogP contribution in [0.15, 0.2) is 12.5 Å². The zero-order valence-electron chi connectivity index (χ0n) is 21.3. The van der Waals surface area contributed by atoms with Crippen LogP contribution in [0.5, 0.6) is 0 Å². The van der Waals surface area contributed by atoms with E-state index < -0.39 is 47.9 Å². The number of unbranched alkanes of at least 4 members (excludes halogenated alkanes) is 1. The summed E-state index contributed by atoms with van der Waals surface area (Å²) in [5, 5.41) is 17.5. The van der Waals surface area contributed by atoms with Crippen molar-refractivity contribution in [3.63, 3.8) is 0 Å². The van der Waals surface area contributed by atoms with Crippen molar-refractivity contribution in [3.8, 4) is 0 Å². The van der Waals surface area contributed by atoms with Gasteiger partial charge in [-0.25, -0.2) is 9.78 Å². The van der Waals surface area contributed by atoms with E-state index in [9.17, 15) is 24.3 Å². The minimum absolute atomic E-state index is 0.0578. The number of carboxylic acid groups (broad SMARTS) is 1. The van der Waals surface area contributed by atoms with Gasteiger partial charge in [-0.2, -0.15) is 11.8 Å². The molecule has 0 spiro atoms. The molecule has 5 atom stereocenters. The Bertz CT molecular complexity index is 824. The third-order valence-corrected chi connectivity index (χ3v) is 6.62. The number of imidazole rings is 1. The van der Waals surface area contributed by atoms with E-state index in [0.29, 0.717) is 43.7 Å². The summed E-state index contributed by atoms with van der Waals surface area (Å²) in [4.78, 5) is 57.4. The fourth-order valence-corrected chi connectivity index (χ4v) is 3.88. The van der Waals surface area contributed by atoms with E-state index >= 15 is 0 Å². The van der Waals surface area contributed by atoms with E-state index in [0.717, 1.165) is 0 Å². The van der Waals surface area contributed by atoms with Crippen molar-refractivity contribution in [1.29, 1.82) is 0 Å². The molecule has 0 bridgehead atoms. The standard InChI is InChI=1S/C23H41N7O5S/c1-4-14(2)19(25)22(33)28-16(8-10-36-3)20(31)30-18(11-15-12-26-13-27-15)21(32)29-17(23(34)35)7-5-6-9-24/h12-14,16-19H,4-11,24-25H2,1-3H3,(H,26,27)(H,28,33)(H,29,32)(H,30,31)(H,34,35). The number of rotatable bonds is 18. The minimum Gasteiger partial charge on any atom is -0.480 e. The molecule has 5 unspecified atom stereocenters. The molecule has 1 aromatic heterocycles. The van der Waals surface area contributed by atoms with Gasteiger partial charge in [-0.1, -0.05) is 20.3 Å². The number of thioether (sulfide) groups is 1. The molecule has 0 saturated heterocycles. The number of nitrogens with zero attached hydrogens (tertiary/aromatic N) is 1. The summed E-state index contributed by atoms with van der Waals surface area (Å²) in [6.45, 7) is 4.20. The van der Waals surface area contributed by atoms with Crippen LogP contribution in [0.1, 0.15) is 51.6 Å². The van der Waals surface area contributed by atoms with Crippen LogP contribution in [0.25, 0.3) is 0 Å². The van der Waals surface area contributed by atoms with Crippen LogP contribution in [0.3, 0.4) is 0 Å². The van der Waals surface area contributed by atoms with Crippen LogP contribution in [0, 0.1) is 5.92 Å². The second-order valence-electron chi connectivity index (χ2n) is 8.78. The highest BCUT2D eigenvalue weighted by atomic mass is 32.2. The Kier molecular flexibility index (Phi) is 14.8. The van der Waals surface area contributed by atoms with Crippen LogP contribution < -0.4 is 27.4 Å². The molecule has 0 fully saturated rings. The topological polar surface area (TPSA) is 205 Å². The van der Waals surface area contributed by atoms with Gasteiger partial charge in [-0.3, -0.25) is 14.4 Å². The van der Waals surface area contributed by atoms with Gasteiger partial charge in [0.1, 0.15) is 18.1 Å². The second kappa shape index (κ2) is 16.9. The molecule has 0 aliphatic carbocycles. The summed E-state index contributed by atoms with van der Waals surface area (Å²) in [6.07, 6.45) is 7.31. The second-order valence-corrected chi connectivity index (χ2v) is 9.77. The van der Waals surface area contributed by atoms with Gasteiger partial charge >= 0.3 is 5.97 Å². The monoisotopic (exact) mass is 527 g/mol. The first kappa shape index (κ1) is 31.4. The van der Waals surface area contributed by atoms with E-state index in [1.807, 2.05) is 20.1 Å². The minimum atomic E-state index is -1.17. The van der Waals surface area contributed by atoms with Crippen LogP contribution in [-0.2, 0) is 25.6 Å². The molecular formula is C23H41N7O5S. The quantitative estimate of drug-likeness (QED) is 0.125. The molecular weight excluding hydrogens is 486 g/mol. The number of nitrogens with two attached hydrogens (primary N) is 2. The highest BCUT2D eigenvalue weighted by Gasteiger charge is 2.31. The largest absolute Gasteiger partial charge is 0.480 e. The molecule has 1 rings (SSSR count). The van der Waals surface area contributed by atoms with Gasteiger partial charge in [-0.15, -0.1) is 0 Å². The van der Waals surface area contributed by atoms with E-state index in [4.69, 9.17) is 11.5 Å². The summed E-state index contributed by atoms with van der Waals surface area (Å²) in [7, 11) is 0. The van der Waals surface area contributed by atoms with Gasteiger partial charge in [0, 0.05) is 18.3 Å². The molecule has 9 N–H and O–H groups in total. The van der Waals surface area contributed by atoms with E-state index in [1.165, 1.54) is 24.3 Å². The Hall–Kier alpha value is -2.64. The normalized spacial score (nSPS) is 15.2. The predicted octanol–water partition coefficient (Wildman–Crippen LogP) is -0.253. The Morgan fingerprint density at radius 3 is 2.25 bits per heavy atom. The van der Waals surface area contributed by atoms with Crippen molar-refractivity contribution in [2.24, 2.45) is 17.4 Å². The lowest BCUT2D eigenvalue weighted by molar-refractivity contribution is -0.142. The first-order chi connectivity index (χ1) is 17.1. The molecule has 0 radical (unpaired) electrons. The summed E-state index contributed by atoms with van der Waals surface area (Å²) < 4.78 is 0. The number of carbonyl (C=O) groups is 4. The highest BCUT2D eigenvalue weighted by Crippen LogP contribution is 2.09. The van der Waals surface area contributed by atoms with Crippen molar-refractivity contribution in [3.05, 3.63) is 18.2 Å². The molecule has 0 aromatic carbocycles. The zero-order valence-corrected chi connectivity index (χ0v) is 22.1. The summed E-state index contributed by atoms with van der Waals surface area (Å²) in [5.41, 5.74) is 12.1. The maximum atomic E-state index is 13.2. The number of hydrogen-bond acceptors (Lipinski definition) is 8.